The lowest BCUT2D eigenvalue weighted by Crippen LogP contribution is -2.44. The zero-order chi connectivity index (χ0) is 14.3. The van der Waals surface area contributed by atoms with Crippen LogP contribution < -0.4 is 5.73 Å². The van der Waals surface area contributed by atoms with Gasteiger partial charge in [0.05, 0.1) is 13.5 Å². The Labute approximate surface area is 115 Å². The van der Waals surface area contributed by atoms with E-state index < -0.39 is 0 Å². The molecule has 0 aromatic carbocycles. The molecule has 1 aliphatic rings. The number of ether oxygens (including phenoxy) is 1. The van der Waals surface area contributed by atoms with Crippen LogP contribution in [0.5, 0.6) is 0 Å². The maximum Gasteiger partial charge on any atom is 0.307 e. The van der Waals surface area contributed by atoms with E-state index in [1.165, 1.54) is 7.11 Å². The molecule has 0 saturated carbocycles. The lowest BCUT2D eigenvalue weighted by molar-refractivity contribution is -0.144. The highest BCUT2D eigenvalue weighted by atomic mass is 16.5. The van der Waals surface area contributed by atoms with Gasteiger partial charge in [0.25, 0.3) is 0 Å². The normalized spacial score (nSPS) is 21.0. The molecule has 19 heavy (non-hydrogen) atoms. The Hall–Kier alpha value is -1.10. The molecule has 1 aliphatic heterocycles. The molecule has 1 amide bonds. The molecule has 1 fully saturated rings. The standard InChI is InChI=1S/C14H26N2O3/c1-11(15)6-5-8-13(17)16-9-4-3-7-12(16)10-14(18)19-2/h11-12H,3-10,15H2,1-2H3. The Morgan fingerprint density at radius 2 is 2.16 bits per heavy atom. The van der Waals surface area contributed by atoms with Crippen LogP contribution in [0.25, 0.3) is 0 Å². The summed E-state index contributed by atoms with van der Waals surface area (Å²) in [6, 6.07) is 0.157. The van der Waals surface area contributed by atoms with Crippen LogP contribution in [0.1, 0.15) is 51.9 Å². The molecular formula is C14H26N2O3. The molecule has 0 radical (unpaired) electrons. The summed E-state index contributed by atoms with van der Waals surface area (Å²) in [5.74, 6) is -0.0884. The van der Waals surface area contributed by atoms with E-state index in [-0.39, 0.29) is 24.0 Å². The summed E-state index contributed by atoms with van der Waals surface area (Å²) in [5, 5.41) is 0. The molecule has 0 aromatic heterocycles. The molecule has 0 aliphatic carbocycles. The molecule has 1 saturated heterocycles. The van der Waals surface area contributed by atoms with Gasteiger partial charge in [-0.25, -0.2) is 0 Å². The molecule has 0 spiro atoms. The SMILES string of the molecule is COC(=O)CC1CCCCN1C(=O)CCCC(C)N. The van der Waals surface area contributed by atoms with E-state index in [9.17, 15) is 9.59 Å². The molecular weight excluding hydrogens is 244 g/mol. The highest BCUT2D eigenvalue weighted by Gasteiger charge is 2.28. The Balaban J connectivity index is 2.46. The molecule has 1 rings (SSSR count). The highest BCUT2D eigenvalue weighted by molar-refractivity contribution is 5.78. The van der Waals surface area contributed by atoms with Gasteiger partial charge in [-0.2, -0.15) is 0 Å². The Morgan fingerprint density at radius 1 is 1.42 bits per heavy atom. The van der Waals surface area contributed by atoms with Gasteiger partial charge in [0.15, 0.2) is 0 Å². The van der Waals surface area contributed by atoms with E-state index in [4.69, 9.17) is 10.5 Å². The van der Waals surface area contributed by atoms with Crippen molar-refractivity contribution in [3.05, 3.63) is 0 Å². The zero-order valence-electron chi connectivity index (χ0n) is 12.1. The third-order valence-corrected chi connectivity index (χ3v) is 3.63. The van der Waals surface area contributed by atoms with Gasteiger partial charge in [-0.05, 0) is 39.0 Å². The van der Waals surface area contributed by atoms with Gasteiger partial charge in [-0.3, -0.25) is 9.59 Å². The van der Waals surface area contributed by atoms with Crippen LogP contribution in [-0.2, 0) is 14.3 Å². The van der Waals surface area contributed by atoms with E-state index in [1.54, 1.807) is 0 Å². The van der Waals surface area contributed by atoms with Gasteiger partial charge >= 0.3 is 5.97 Å². The number of likely N-dealkylation sites (tertiary alicyclic amines) is 1. The maximum absolute atomic E-state index is 12.2. The van der Waals surface area contributed by atoms with E-state index >= 15 is 0 Å². The number of carbonyl (C=O) groups excluding carboxylic acids is 2. The fourth-order valence-corrected chi connectivity index (χ4v) is 2.54. The van der Waals surface area contributed by atoms with E-state index in [1.807, 2.05) is 11.8 Å². The van der Waals surface area contributed by atoms with Gasteiger partial charge in [-0.15, -0.1) is 0 Å². The van der Waals surface area contributed by atoms with Crippen LogP contribution >= 0.6 is 0 Å². The molecule has 5 nitrogen and oxygen atoms in total. The first kappa shape index (κ1) is 16.0. The lowest BCUT2D eigenvalue weighted by Gasteiger charge is -2.35. The minimum absolute atomic E-state index is 0.0176. The summed E-state index contributed by atoms with van der Waals surface area (Å²) in [6.45, 7) is 2.71. The monoisotopic (exact) mass is 270 g/mol. The van der Waals surface area contributed by atoms with Crippen molar-refractivity contribution >= 4 is 11.9 Å². The van der Waals surface area contributed by atoms with Crippen LogP contribution in [0.2, 0.25) is 0 Å². The number of piperidine rings is 1. The summed E-state index contributed by atoms with van der Waals surface area (Å²) in [4.78, 5) is 25.4. The first-order chi connectivity index (χ1) is 9.04. The number of methoxy groups -OCH3 is 1. The number of hydrogen-bond donors (Lipinski definition) is 1. The third kappa shape index (κ3) is 5.59. The van der Waals surface area contributed by atoms with E-state index in [0.29, 0.717) is 12.8 Å². The number of rotatable bonds is 6. The first-order valence-corrected chi connectivity index (χ1v) is 7.16. The number of nitrogens with two attached hydrogens (primary N) is 1. The number of hydrogen-bond acceptors (Lipinski definition) is 4. The van der Waals surface area contributed by atoms with Crippen LogP contribution in [0.3, 0.4) is 0 Å². The second kappa shape index (κ2) is 8.15. The number of esters is 1. The minimum atomic E-state index is -0.236. The number of carbonyl (C=O) groups is 2. The second-order valence-corrected chi connectivity index (χ2v) is 5.39. The largest absolute Gasteiger partial charge is 0.469 e. The predicted octanol–water partition coefficient (Wildman–Crippen LogP) is 1.45. The van der Waals surface area contributed by atoms with Crippen molar-refractivity contribution in [3.63, 3.8) is 0 Å². The third-order valence-electron chi connectivity index (χ3n) is 3.63. The molecule has 5 heteroatoms. The topological polar surface area (TPSA) is 72.6 Å². The Bertz CT molecular complexity index is 305. The van der Waals surface area contributed by atoms with Crippen molar-refractivity contribution in [3.8, 4) is 0 Å². The second-order valence-electron chi connectivity index (χ2n) is 5.39. The Kier molecular flexibility index (Phi) is 6.84. The minimum Gasteiger partial charge on any atom is -0.469 e. The maximum atomic E-state index is 12.2. The van der Waals surface area contributed by atoms with Gasteiger partial charge in [0, 0.05) is 25.0 Å². The fraction of sp³-hybridized carbons (Fsp3) is 0.857. The summed E-state index contributed by atoms with van der Waals surface area (Å²) in [6.07, 6.45) is 5.52. The molecule has 2 unspecified atom stereocenters. The van der Waals surface area contributed by atoms with Gasteiger partial charge in [0.1, 0.15) is 0 Å². The zero-order valence-corrected chi connectivity index (χ0v) is 12.1. The average molecular weight is 270 g/mol. The Morgan fingerprint density at radius 3 is 2.79 bits per heavy atom. The van der Waals surface area contributed by atoms with Gasteiger partial charge < -0.3 is 15.4 Å². The number of amides is 1. The van der Waals surface area contributed by atoms with Crippen LogP contribution in [0.4, 0.5) is 0 Å². The molecule has 2 atom stereocenters. The summed E-state index contributed by atoms with van der Waals surface area (Å²) >= 11 is 0. The van der Waals surface area contributed by atoms with Crippen molar-refractivity contribution < 1.29 is 14.3 Å². The van der Waals surface area contributed by atoms with Gasteiger partial charge in [-0.1, -0.05) is 0 Å². The van der Waals surface area contributed by atoms with Crippen molar-refractivity contribution in [2.75, 3.05) is 13.7 Å². The summed E-state index contributed by atoms with van der Waals surface area (Å²) in [7, 11) is 1.39. The smallest absolute Gasteiger partial charge is 0.307 e. The first-order valence-electron chi connectivity index (χ1n) is 7.16. The molecule has 2 N–H and O–H groups in total. The molecule has 0 bridgehead atoms. The lowest BCUT2D eigenvalue weighted by atomic mass is 9.98. The molecule has 110 valence electrons. The van der Waals surface area contributed by atoms with Crippen molar-refractivity contribution in [2.24, 2.45) is 5.73 Å². The van der Waals surface area contributed by atoms with E-state index in [2.05, 4.69) is 0 Å². The van der Waals surface area contributed by atoms with Crippen LogP contribution in [0.15, 0.2) is 0 Å². The molecule has 0 aromatic rings. The van der Waals surface area contributed by atoms with Crippen molar-refractivity contribution in [2.45, 2.75) is 64.0 Å². The van der Waals surface area contributed by atoms with E-state index in [0.717, 1.165) is 38.6 Å². The fourth-order valence-electron chi connectivity index (χ4n) is 2.54. The highest BCUT2D eigenvalue weighted by Crippen LogP contribution is 2.21. The summed E-state index contributed by atoms with van der Waals surface area (Å²) in [5.41, 5.74) is 5.68. The van der Waals surface area contributed by atoms with Crippen LogP contribution in [-0.4, -0.2) is 42.5 Å². The average Bonchev–Trinajstić information content (AvgIpc) is 2.38. The summed E-state index contributed by atoms with van der Waals surface area (Å²) < 4.78 is 4.70. The van der Waals surface area contributed by atoms with Crippen molar-refractivity contribution in [1.82, 2.24) is 4.90 Å². The molecule has 1 heterocycles. The quantitative estimate of drug-likeness (QED) is 0.741. The van der Waals surface area contributed by atoms with Crippen LogP contribution in [0, 0.1) is 0 Å². The number of nitrogens with zero attached hydrogens (tertiary/aromatic N) is 1. The predicted molar refractivity (Wildman–Crippen MR) is 73.5 cm³/mol. The van der Waals surface area contributed by atoms with Gasteiger partial charge in [0.2, 0.25) is 5.91 Å². The van der Waals surface area contributed by atoms with Crippen molar-refractivity contribution in [1.29, 1.82) is 0 Å².